The number of allylic oxidation sites excluding steroid dienone is 1. The number of anilines is 2. The average molecular weight is 811 g/mol. The molecular formula is C49H66N2O8. The van der Waals surface area contributed by atoms with Crippen LogP contribution in [-0.2, 0) is 19.1 Å². The van der Waals surface area contributed by atoms with Crippen molar-refractivity contribution < 1.29 is 38.7 Å². The van der Waals surface area contributed by atoms with Gasteiger partial charge in [0.1, 0.15) is 11.5 Å². The second kappa shape index (κ2) is 23.3. The summed E-state index contributed by atoms with van der Waals surface area (Å²) < 4.78 is 24.1. The summed E-state index contributed by atoms with van der Waals surface area (Å²) in [5.41, 5.74) is 14.3. The fraction of sp³-hybridized carbons (Fsp3) is 0.510. The van der Waals surface area contributed by atoms with Crippen molar-refractivity contribution in [1.82, 2.24) is 0 Å². The van der Waals surface area contributed by atoms with Gasteiger partial charge in [-0.1, -0.05) is 69.2 Å². The van der Waals surface area contributed by atoms with Crippen molar-refractivity contribution >= 4 is 35.1 Å². The van der Waals surface area contributed by atoms with E-state index in [0.29, 0.717) is 48.5 Å². The van der Waals surface area contributed by atoms with E-state index < -0.39 is 29.7 Å². The van der Waals surface area contributed by atoms with Crippen LogP contribution >= 0.6 is 0 Å². The number of ketones is 2. The molecule has 0 saturated heterocycles. The minimum atomic E-state index is -2.95. The highest BCUT2D eigenvalue weighted by Crippen LogP contribution is 2.36. The average Bonchev–Trinajstić information content (AvgIpc) is 3.24. The van der Waals surface area contributed by atoms with E-state index in [1.807, 2.05) is 36.4 Å². The van der Waals surface area contributed by atoms with Gasteiger partial charge in [-0.15, -0.1) is 0 Å². The topological polar surface area (TPSA) is 164 Å². The van der Waals surface area contributed by atoms with Gasteiger partial charge in [-0.2, -0.15) is 0 Å². The lowest BCUT2D eigenvalue weighted by Gasteiger charge is -2.30. The molecule has 6 N–H and O–H groups in total. The molecule has 3 aromatic carbocycles. The van der Waals surface area contributed by atoms with Crippen molar-refractivity contribution in [2.75, 3.05) is 37.9 Å². The molecule has 1 atom stereocenters. The number of rotatable bonds is 23. The van der Waals surface area contributed by atoms with Crippen molar-refractivity contribution in [3.8, 4) is 11.5 Å². The van der Waals surface area contributed by atoms with Crippen LogP contribution in [0, 0.1) is 11.8 Å². The first-order valence-electron chi connectivity index (χ1n) is 21.8. The Bertz CT molecular complexity index is 1790. The molecule has 0 aliphatic heterocycles. The van der Waals surface area contributed by atoms with Gasteiger partial charge < -0.3 is 40.6 Å². The van der Waals surface area contributed by atoms with Crippen molar-refractivity contribution in [2.45, 2.75) is 121 Å². The first kappa shape index (κ1) is 45.6. The van der Waals surface area contributed by atoms with Gasteiger partial charge in [-0.05, 0) is 141 Å². The van der Waals surface area contributed by atoms with Crippen molar-refractivity contribution in [1.29, 1.82) is 0 Å². The van der Waals surface area contributed by atoms with E-state index in [4.69, 9.17) is 30.4 Å². The maximum absolute atomic E-state index is 13.4. The van der Waals surface area contributed by atoms with Gasteiger partial charge in [-0.3, -0.25) is 9.59 Å². The summed E-state index contributed by atoms with van der Waals surface area (Å²) in [7, 11) is 0. The Morgan fingerprint density at radius 1 is 0.695 bits per heavy atom. The zero-order valence-electron chi connectivity index (χ0n) is 35.1. The van der Waals surface area contributed by atoms with Crippen molar-refractivity contribution in [2.24, 2.45) is 11.8 Å². The summed E-state index contributed by atoms with van der Waals surface area (Å²) in [6.45, 7) is 7.32. The van der Waals surface area contributed by atoms with Crippen LogP contribution in [-0.4, -0.2) is 66.2 Å². The first-order chi connectivity index (χ1) is 28.5. The fourth-order valence-corrected chi connectivity index (χ4v) is 7.80. The van der Waals surface area contributed by atoms with E-state index in [1.165, 1.54) is 24.3 Å². The lowest BCUT2D eigenvalue weighted by molar-refractivity contribution is -0.187. The molecule has 2 aliphatic rings. The summed E-state index contributed by atoms with van der Waals surface area (Å²) in [6.07, 6.45) is 19.1. The minimum absolute atomic E-state index is 0.143. The molecule has 3 aromatic rings. The van der Waals surface area contributed by atoms with Crippen LogP contribution in [0.4, 0.5) is 11.4 Å². The van der Waals surface area contributed by atoms with Gasteiger partial charge in [0.05, 0.1) is 31.3 Å². The second-order valence-corrected chi connectivity index (χ2v) is 16.4. The normalized spacial score (nSPS) is 20.5. The Labute approximate surface area is 351 Å². The zero-order valence-corrected chi connectivity index (χ0v) is 35.1. The van der Waals surface area contributed by atoms with Crippen LogP contribution in [0.1, 0.15) is 120 Å². The van der Waals surface area contributed by atoms with Gasteiger partial charge in [0.2, 0.25) is 11.6 Å². The molecule has 59 heavy (non-hydrogen) atoms. The molecule has 2 aliphatic carbocycles. The number of benzene rings is 3. The van der Waals surface area contributed by atoms with E-state index in [-0.39, 0.29) is 11.3 Å². The molecule has 0 radical (unpaired) electrons. The van der Waals surface area contributed by atoms with Gasteiger partial charge >= 0.3 is 0 Å². The zero-order chi connectivity index (χ0) is 42.0. The number of hydrogen-bond acceptors (Lipinski definition) is 10. The van der Waals surface area contributed by atoms with E-state index >= 15 is 0 Å². The lowest BCUT2D eigenvalue weighted by Crippen LogP contribution is -2.44. The highest BCUT2D eigenvalue weighted by molar-refractivity contribution is 6.01. The van der Waals surface area contributed by atoms with Gasteiger partial charge in [0.15, 0.2) is 5.78 Å². The van der Waals surface area contributed by atoms with Gasteiger partial charge in [0, 0.05) is 31.0 Å². The van der Waals surface area contributed by atoms with Crippen LogP contribution < -0.4 is 20.9 Å². The molecule has 0 aromatic heterocycles. The Hall–Kier alpha value is -4.48. The Morgan fingerprint density at radius 3 is 1.63 bits per heavy atom. The molecule has 5 rings (SSSR count). The van der Waals surface area contributed by atoms with Crippen LogP contribution in [0.3, 0.4) is 0 Å². The van der Waals surface area contributed by atoms with Crippen LogP contribution in [0.2, 0.25) is 0 Å². The molecular weight excluding hydrogens is 745 g/mol. The molecule has 10 nitrogen and oxygen atoms in total. The monoisotopic (exact) mass is 810 g/mol. The maximum Gasteiger partial charge on any atom is 0.235 e. The predicted molar refractivity (Wildman–Crippen MR) is 235 cm³/mol. The van der Waals surface area contributed by atoms with Crippen LogP contribution in [0.15, 0.2) is 78.9 Å². The standard InChI is InChI=1S/C49H66N2O8/c1-3-5-29-56-41-23-12-37(13-24-41)33-58-43-19-8-35(9-20-43)7-18-40(52)32-46(45-27-17-39(50)31-47(45)51)49(54,55)48(53)28-16-36-10-21-44(22-11-36)59-34-38-14-25-42(26-15-38)57-30-6-4-2/h7-11,16-22,27-28,31,37-38,41-42,46,54-55H,3-6,12-15,23-26,29-30,32-34,50-51H2,1-2H3. The highest BCUT2D eigenvalue weighted by atomic mass is 16.5. The maximum atomic E-state index is 13.4. The Balaban J connectivity index is 1.13. The third-order valence-corrected chi connectivity index (χ3v) is 11.7. The molecule has 2 saturated carbocycles. The van der Waals surface area contributed by atoms with E-state index in [0.717, 1.165) is 113 Å². The fourth-order valence-electron chi connectivity index (χ4n) is 7.80. The summed E-state index contributed by atoms with van der Waals surface area (Å²) in [5.74, 6) is -3.27. The summed E-state index contributed by atoms with van der Waals surface area (Å²) in [6, 6.07) is 19.2. The molecule has 0 heterocycles. The predicted octanol–water partition coefficient (Wildman–Crippen LogP) is 9.08. The summed E-state index contributed by atoms with van der Waals surface area (Å²) in [4.78, 5) is 26.8. The quantitative estimate of drug-likeness (QED) is 0.0315. The lowest BCUT2D eigenvalue weighted by atomic mass is 9.82. The molecule has 0 amide bonds. The Kier molecular flexibility index (Phi) is 18.0. The molecule has 0 spiro atoms. The molecule has 0 bridgehead atoms. The van der Waals surface area contributed by atoms with E-state index in [1.54, 1.807) is 24.3 Å². The highest BCUT2D eigenvalue weighted by Gasteiger charge is 2.43. The van der Waals surface area contributed by atoms with Crippen LogP contribution in [0.25, 0.3) is 12.2 Å². The molecule has 320 valence electrons. The second-order valence-electron chi connectivity index (χ2n) is 16.4. The summed E-state index contributed by atoms with van der Waals surface area (Å²) >= 11 is 0. The van der Waals surface area contributed by atoms with E-state index in [9.17, 15) is 19.8 Å². The third kappa shape index (κ3) is 14.6. The number of hydrogen-bond donors (Lipinski definition) is 4. The van der Waals surface area contributed by atoms with Crippen molar-refractivity contribution in [3.63, 3.8) is 0 Å². The number of carbonyl (C=O) groups excluding carboxylic acids is 2. The molecule has 10 heteroatoms. The number of carbonyl (C=O) groups is 2. The number of unbranched alkanes of at least 4 members (excludes halogenated alkanes) is 2. The number of ether oxygens (including phenoxy) is 4. The molecule has 2 fully saturated rings. The smallest absolute Gasteiger partial charge is 0.235 e. The number of nitrogen functional groups attached to an aromatic ring is 2. The number of aliphatic hydroxyl groups is 2. The summed E-state index contributed by atoms with van der Waals surface area (Å²) in [5, 5.41) is 22.8. The Morgan fingerprint density at radius 2 is 1.17 bits per heavy atom. The third-order valence-electron chi connectivity index (χ3n) is 11.7. The SMILES string of the molecule is CCCCOC1CCC(COc2ccc(C=CC(=O)CC(c3ccc(N)cc3N)C(O)(O)C(=O)C=Cc3ccc(OCC4CCC(OCCCC)CC4)cc3)cc2)CC1. The number of nitrogens with two attached hydrogens (primary N) is 2. The first-order valence-corrected chi connectivity index (χ1v) is 21.8. The molecule has 1 unspecified atom stereocenters. The van der Waals surface area contributed by atoms with Crippen LogP contribution in [0.5, 0.6) is 11.5 Å². The van der Waals surface area contributed by atoms with Gasteiger partial charge in [0.25, 0.3) is 0 Å². The minimum Gasteiger partial charge on any atom is -0.493 e. The van der Waals surface area contributed by atoms with Gasteiger partial charge in [-0.25, -0.2) is 0 Å². The van der Waals surface area contributed by atoms with E-state index in [2.05, 4.69) is 13.8 Å². The van der Waals surface area contributed by atoms with Crippen molar-refractivity contribution in [3.05, 3.63) is 95.6 Å². The largest absolute Gasteiger partial charge is 0.493 e.